The maximum Gasteiger partial charge on any atom is 0.336 e. The second kappa shape index (κ2) is 15.2. The van der Waals surface area contributed by atoms with Crippen LogP contribution in [0.4, 0.5) is 0 Å². The Hall–Kier alpha value is -2.90. The molecule has 0 aromatic heterocycles. The topological polar surface area (TPSA) is 102 Å². The molecule has 0 aliphatic heterocycles. The Morgan fingerprint density at radius 1 is 0.925 bits per heavy atom. The molecular formula is C33H48O7. The average Bonchev–Trinajstić information content (AvgIpc) is 2.91. The number of ether oxygens (including phenoxy) is 3. The zero-order valence-electron chi connectivity index (χ0n) is 25.0. The summed E-state index contributed by atoms with van der Waals surface area (Å²) in [6.07, 6.45) is 11.0. The molecule has 1 atom stereocenters. The Balaban J connectivity index is 1.98. The molecule has 1 aliphatic rings. The van der Waals surface area contributed by atoms with Crippen molar-refractivity contribution >= 4 is 17.5 Å². The Morgan fingerprint density at radius 3 is 1.93 bits per heavy atom. The average molecular weight is 557 g/mol. The number of aliphatic hydroxyl groups is 2. The third kappa shape index (κ3) is 10.9. The third-order valence-electron chi connectivity index (χ3n) is 7.32. The summed E-state index contributed by atoms with van der Waals surface area (Å²) in [7, 11) is 0. The molecule has 0 amide bonds. The summed E-state index contributed by atoms with van der Waals surface area (Å²) in [6, 6.07) is 7.91. The molecule has 2 rings (SSSR count). The summed E-state index contributed by atoms with van der Waals surface area (Å²) in [6.45, 7) is 15.1. The quantitative estimate of drug-likeness (QED) is 0.142. The van der Waals surface area contributed by atoms with Crippen LogP contribution in [0.15, 0.2) is 54.6 Å². The standard InChI is InChI=1S/C33H48O7/c1-8-9-10-11-25-12-14-27(15-13-25)28-16-18-29(19-17-28)38-20-26(21-39-30(34)23(2)32(4,5)36)22-40-31(35)24(3)33(6,7)37/h14,16-19,25-26,36-37H,2-3,8-13,15,20-22H2,1,4-7H3. The van der Waals surface area contributed by atoms with E-state index < -0.39 is 29.1 Å². The number of benzene rings is 1. The zero-order valence-corrected chi connectivity index (χ0v) is 25.0. The second-order valence-corrected chi connectivity index (χ2v) is 11.8. The van der Waals surface area contributed by atoms with Crippen LogP contribution in [-0.4, -0.2) is 53.2 Å². The highest BCUT2D eigenvalue weighted by molar-refractivity contribution is 5.90. The molecule has 0 fully saturated rings. The summed E-state index contributed by atoms with van der Waals surface area (Å²) in [5.74, 6) is -0.575. The van der Waals surface area contributed by atoms with E-state index in [2.05, 4.69) is 26.2 Å². The van der Waals surface area contributed by atoms with Gasteiger partial charge in [-0.15, -0.1) is 0 Å². The predicted molar refractivity (Wildman–Crippen MR) is 158 cm³/mol. The molecule has 1 unspecified atom stereocenters. The van der Waals surface area contributed by atoms with Gasteiger partial charge in [0.1, 0.15) is 19.0 Å². The largest absolute Gasteiger partial charge is 0.493 e. The molecule has 0 heterocycles. The maximum atomic E-state index is 12.3. The van der Waals surface area contributed by atoms with Crippen LogP contribution in [0.25, 0.3) is 5.57 Å². The van der Waals surface area contributed by atoms with E-state index in [9.17, 15) is 19.8 Å². The first-order chi connectivity index (χ1) is 18.7. The highest BCUT2D eigenvalue weighted by atomic mass is 16.6. The Labute approximate surface area is 239 Å². The molecule has 0 saturated heterocycles. The molecule has 7 heteroatoms. The fraction of sp³-hybridized carbons (Fsp3) is 0.576. The number of carbonyl (C=O) groups excluding carboxylic acids is 2. The smallest absolute Gasteiger partial charge is 0.336 e. The van der Waals surface area contributed by atoms with Crippen molar-refractivity contribution in [3.05, 3.63) is 60.2 Å². The number of unbranched alkanes of at least 4 members (excludes halogenated alkanes) is 2. The fourth-order valence-electron chi connectivity index (χ4n) is 4.28. The van der Waals surface area contributed by atoms with E-state index in [1.165, 1.54) is 70.9 Å². The summed E-state index contributed by atoms with van der Waals surface area (Å²) in [5.41, 5.74) is -0.459. The molecule has 222 valence electrons. The number of rotatable bonds is 16. The van der Waals surface area contributed by atoms with Crippen LogP contribution in [0.3, 0.4) is 0 Å². The van der Waals surface area contributed by atoms with Crippen LogP contribution in [0.1, 0.15) is 85.1 Å². The van der Waals surface area contributed by atoms with E-state index in [-0.39, 0.29) is 31.0 Å². The van der Waals surface area contributed by atoms with Crippen LogP contribution < -0.4 is 4.74 Å². The third-order valence-corrected chi connectivity index (χ3v) is 7.32. The Morgan fingerprint density at radius 2 is 1.48 bits per heavy atom. The van der Waals surface area contributed by atoms with Crippen molar-refractivity contribution in [2.24, 2.45) is 11.8 Å². The van der Waals surface area contributed by atoms with Crippen LogP contribution in [0.2, 0.25) is 0 Å². The van der Waals surface area contributed by atoms with Gasteiger partial charge >= 0.3 is 11.9 Å². The highest BCUT2D eigenvalue weighted by Crippen LogP contribution is 2.33. The lowest BCUT2D eigenvalue weighted by molar-refractivity contribution is -0.146. The summed E-state index contributed by atoms with van der Waals surface area (Å²) >= 11 is 0. The molecule has 0 bridgehead atoms. The normalized spacial score (nSPS) is 15.8. The lowest BCUT2D eigenvalue weighted by atomic mass is 9.84. The number of hydrogen-bond donors (Lipinski definition) is 2. The Bertz CT molecular complexity index is 996. The molecular weight excluding hydrogens is 508 g/mol. The van der Waals surface area contributed by atoms with Gasteiger partial charge in [0, 0.05) is 0 Å². The lowest BCUT2D eigenvalue weighted by Gasteiger charge is -2.23. The SMILES string of the molecule is C=C(C(=O)OCC(COC(=O)C(=C)C(C)(C)O)COc1ccc(C2=CCC(CCCCC)CC2)cc1)C(C)(C)O. The van der Waals surface area contributed by atoms with Crippen LogP contribution in [-0.2, 0) is 19.1 Å². The van der Waals surface area contributed by atoms with E-state index in [0.717, 1.165) is 18.8 Å². The number of hydrogen-bond acceptors (Lipinski definition) is 7. The minimum atomic E-state index is -1.43. The van der Waals surface area contributed by atoms with Crippen molar-refractivity contribution in [1.29, 1.82) is 0 Å². The highest BCUT2D eigenvalue weighted by Gasteiger charge is 2.28. The molecule has 2 N–H and O–H groups in total. The number of esters is 2. The molecule has 0 spiro atoms. The number of allylic oxidation sites excluding steroid dienone is 2. The minimum absolute atomic E-state index is 0.0838. The molecule has 1 aromatic carbocycles. The minimum Gasteiger partial charge on any atom is -0.493 e. The van der Waals surface area contributed by atoms with Gasteiger partial charge in [0.2, 0.25) is 0 Å². The first-order valence-corrected chi connectivity index (χ1v) is 14.3. The van der Waals surface area contributed by atoms with E-state index >= 15 is 0 Å². The van der Waals surface area contributed by atoms with Crippen molar-refractivity contribution in [3.63, 3.8) is 0 Å². The number of carbonyl (C=O) groups is 2. The van der Waals surface area contributed by atoms with Crippen molar-refractivity contribution in [2.45, 2.75) is 90.8 Å². The van der Waals surface area contributed by atoms with Crippen molar-refractivity contribution < 1.29 is 34.0 Å². The monoisotopic (exact) mass is 556 g/mol. The molecule has 1 aliphatic carbocycles. The Kier molecular flexibility index (Phi) is 12.7. The molecule has 40 heavy (non-hydrogen) atoms. The lowest BCUT2D eigenvalue weighted by Crippen LogP contribution is -2.32. The van der Waals surface area contributed by atoms with Gasteiger partial charge < -0.3 is 24.4 Å². The van der Waals surface area contributed by atoms with Crippen LogP contribution in [0, 0.1) is 11.8 Å². The van der Waals surface area contributed by atoms with Gasteiger partial charge in [-0.25, -0.2) is 9.59 Å². The van der Waals surface area contributed by atoms with Gasteiger partial charge in [-0.1, -0.05) is 64.0 Å². The molecule has 0 radical (unpaired) electrons. The second-order valence-electron chi connectivity index (χ2n) is 11.8. The maximum absolute atomic E-state index is 12.3. The summed E-state index contributed by atoms with van der Waals surface area (Å²) in [4.78, 5) is 24.7. The van der Waals surface area contributed by atoms with Crippen molar-refractivity contribution in [3.8, 4) is 5.75 Å². The van der Waals surface area contributed by atoms with E-state index in [0.29, 0.717) is 5.75 Å². The van der Waals surface area contributed by atoms with Crippen molar-refractivity contribution in [2.75, 3.05) is 19.8 Å². The molecule has 0 saturated carbocycles. The predicted octanol–water partition coefficient (Wildman–Crippen LogP) is 6.19. The van der Waals surface area contributed by atoms with Crippen LogP contribution in [0.5, 0.6) is 5.75 Å². The first-order valence-electron chi connectivity index (χ1n) is 14.3. The van der Waals surface area contributed by atoms with Crippen molar-refractivity contribution in [1.82, 2.24) is 0 Å². The van der Waals surface area contributed by atoms with Gasteiger partial charge in [-0.3, -0.25) is 0 Å². The summed E-state index contributed by atoms with van der Waals surface area (Å²) in [5, 5.41) is 20.1. The van der Waals surface area contributed by atoms with Gasteiger partial charge in [0.15, 0.2) is 0 Å². The van der Waals surface area contributed by atoms with Gasteiger partial charge in [-0.2, -0.15) is 0 Å². The van der Waals surface area contributed by atoms with Gasteiger partial charge in [-0.05, 0) is 76.1 Å². The van der Waals surface area contributed by atoms with E-state index in [1.54, 1.807) is 0 Å². The van der Waals surface area contributed by atoms with E-state index in [4.69, 9.17) is 14.2 Å². The van der Waals surface area contributed by atoms with Gasteiger partial charge in [0.25, 0.3) is 0 Å². The first kappa shape index (κ1) is 33.3. The zero-order chi connectivity index (χ0) is 29.9. The van der Waals surface area contributed by atoms with E-state index in [1.807, 2.05) is 24.3 Å². The molecule has 1 aromatic rings. The summed E-state index contributed by atoms with van der Waals surface area (Å²) < 4.78 is 16.6. The van der Waals surface area contributed by atoms with Crippen LogP contribution >= 0.6 is 0 Å². The van der Waals surface area contributed by atoms with Gasteiger partial charge in [0.05, 0.1) is 34.9 Å². The molecule has 7 nitrogen and oxygen atoms in total. The fourth-order valence-corrected chi connectivity index (χ4v) is 4.28.